The van der Waals surface area contributed by atoms with E-state index in [1.807, 2.05) is 14.0 Å². The van der Waals surface area contributed by atoms with Crippen LogP contribution in [0.15, 0.2) is 24.3 Å². The van der Waals surface area contributed by atoms with E-state index in [-0.39, 0.29) is 21.9 Å². The molecule has 0 aliphatic rings. The minimum atomic E-state index is -0.206. The van der Waals surface area contributed by atoms with Crippen molar-refractivity contribution in [2.24, 2.45) is 0 Å². The number of ketones is 1. The van der Waals surface area contributed by atoms with Crippen LogP contribution >= 0.6 is 23.2 Å². The van der Waals surface area contributed by atoms with Gasteiger partial charge in [-0.3, -0.25) is 9.69 Å². The van der Waals surface area contributed by atoms with Gasteiger partial charge in [-0.05, 0) is 31.2 Å². The average Bonchev–Trinajstić information content (AvgIpc) is 2.64. The van der Waals surface area contributed by atoms with Crippen molar-refractivity contribution in [1.29, 1.82) is 0 Å². The van der Waals surface area contributed by atoms with Crippen LogP contribution in [0.25, 0.3) is 0 Å². The molecule has 5 nitrogen and oxygen atoms in total. The van der Waals surface area contributed by atoms with Crippen LogP contribution in [0, 0.1) is 0 Å². The number of halogens is 2. The zero-order valence-corrected chi connectivity index (χ0v) is 17.3. The topological polar surface area (TPSA) is 48.0 Å². The van der Waals surface area contributed by atoms with E-state index in [9.17, 15) is 4.79 Å². The van der Waals surface area contributed by atoms with Crippen LogP contribution in [0.5, 0.6) is 5.75 Å². The Morgan fingerprint density at radius 3 is 2.46 bits per heavy atom. The van der Waals surface area contributed by atoms with Gasteiger partial charge in [0.1, 0.15) is 17.4 Å². The molecule has 1 aromatic rings. The molecule has 0 aliphatic heterocycles. The molecule has 0 bridgehead atoms. The van der Waals surface area contributed by atoms with Crippen LogP contribution < -0.4 is 4.74 Å². The average molecular weight is 404 g/mol. The summed E-state index contributed by atoms with van der Waals surface area (Å²) in [6.07, 6.45) is 0.553. The van der Waals surface area contributed by atoms with E-state index in [1.54, 1.807) is 26.4 Å². The van der Waals surface area contributed by atoms with E-state index in [1.165, 1.54) is 0 Å². The Morgan fingerprint density at radius 1 is 1.19 bits per heavy atom. The minimum absolute atomic E-state index is 0.0196. The second-order valence-corrected chi connectivity index (χ2v) is 6.67. The van der Waals surface area contributed by atoms with Crippen molar-refractivity contribution in [2.75, 3.05) is 47.6 Å². The van der Waals surface area contributed by atoms with Crippen molar-refractivity contribution < 1.29 is 19.0 Å². The molecule has 1 atom stereocenters. The number of allylic oxidation sites excluding steroid dienone is 1. The van der Waals surface area contributed by atoms with Gasteiger partial charge >= 0.3 is 0 Å². The van der Waals surface area contributed by atoms with Crippen molar-refractivity contribution in [1.82, 2.24) is 4.90 Å². The predicted octanol–water partition coefficient (Wildman–Crippen LogP) is 4.11. The Balaban J connectivity index is 2.87. The zero-order valence-electron chi connectivity index (χ0n) is 15.8. The quantitative estimate of drug-likeness (QED) is 0.388. The summed E-state index contributed by atoms with van der Waals surface area (Å²) in [4.78, 5) is 14.4. The van der Waals surface area contributed by atoms with Gasteiger partial charge in [0, 0.05) is 26.3 Å². The van der Waals surface area contributed by atoms with E-state index in [4.69, 9.17) is 37.4 Å². The van der Waals surface area contributed by atoms with Gasteiger partial charge in [-0.1, -0.05) is 36.7 Å². The fourth-order valence-electron chi connectivity index (χ4n) is 2.27. The molecule has 0 heterocycles. The second-order valence-electron chi connectivity index (χ2n) is 5.92. The fraction of sp³-hybridized carbons (Fsp3) is 0.526. The lowest BCUT2D eigenvalue weighted by Gasteiger charge is -2.27. The van der Waals surface area contributed by atoms with Gasteiger partial charge in [0.15, 0.2) is 5.78 Å². The number of methoxy groups -OCH3 is 2. The number of rotatable bonds is 12. The first kappa shape index (κ1) is 22.9. The van der Waals surface area contributed by atoms with Crippen LogP contribution in [0.2, 0.25) is 10.0 Å². The SMILES string of the molecule is C=C(CC)C(=O)c1ccc(OCC(COC)N(C)CCOC)c(Cl)c1Cl. The number of ether oxygens (including phenoxy) is 3. The maximum atomic E-state index is 12.3. The summed E-state index contributed by atoms with van der Waals surface area (Å²) < 4.78 is 16.2. The molecule has 0 N–H and O–H groups in total. The number of carbonyl (C=O) groups is 1. The molecule has 7 heteroatoms. The Labute approximate surface area is 165 Å². The van der Waals surface area contributed by atoms with Crippen LogP contribution in [0.1, 0.15) is 23.7 Å². The molecule has 1 aromatic carbocycles. The van der Waals surface area contributed by atoms with E-state index < -0.39 is 0 Å². The molecule has 0 spiro atoms. The third-order valence-corrected chi connectivity index (χ3v) is 4.97. The first-order valence-corrected chi connectivity index (χ1v) is 9.14. The van der Waals surface area contributed by atoms with Crippen LogP contribution in [0.3, 0.4) is 0 Å². The summed E-state index contributed by atoms with van der Waals surface area (Å²) in [5.41, 5.74) is 0.818. The molecule has 0 saturated heterocycles. The second kappa shape index (κ2) is 11.6. The number of carbonyl (C=O) groups excluding carboxylic acids is 1. The highest BCUT2D eigenvalue weighted by atomic mass is 35.5. The van der Waals surface area contributed by atoms with Crippen molar-refractivity contribution in [2.45, 2.75) is 19.4 Å². The molecule has 26 heavy (non-hydrogen) atoms. The van der Waals surface area contributed by atoms with Gasteiger partial charge in [-0.2, -0.15) is 0 Å². The smallest absolute Gasteiger partial charge is 0.189 e. The van der Waals surface area contributed by atoms with Gasteiger partial charge in [0.05, 0.1) is 24.3 Å². The third-order valence-electron chi connectivity index (χ3n) is 4.10. The number of likely N-dealkylation sites (N-methyl/N-ethyl adjacent to an activating group) is 1. The maximum Gasteiger partial charge on any atom is 0.189 e. The highest BCUT2D eigenvalue weighted by molar-refractivity contribution is 6.45. The van der Waals surface area contributed by atoms with Crippen LogP contribution in [-0.2, 0) is 9.47 Å². The molecule has 0 saturated carbocycles. The van der Waals surface area contributed by atoms with Gasteiger partial charge in [-0.15, -0.1) is 0 Å². The standard InChI is InChI=1S/C19H27Cl2NO4/c1-6-13(2)19(23)15-7-8-16(18(21)17(15)20)26-12-14(11-25-5)22(3)9-10-24-4/h7-8,14H,2,6,9-12H2,1,3-5H3. The first-order valence-electron chi connectivity index (χ1n) is 8.38. The van der Waals surface area contributed by atoms with Gasteiger partial charge in [0.25, 0.3) is 0 Å². The molecule has 1 rings (SSSR count). The Bertz CT molecular complexity index is 622. The number of benzene rings is 1. The highest BCUT2D eigenvalue weighted by Crippen LogP contribution is 2.36. The summed E-state index contributed by atoms with van der Waals surface area (Å²) in [6, 6.07) is 3.29. The van der Waals surface area contributed by atoms with Gasteiger partial charge in [-0.25, -0.2) is 0 Å². The molecule has 0 radical (unpaired) electrons. The van der Waals surface area contributed by atoms with Crippen molar-refractivity contribution in [3.05, 3.63) is 39.9 Å². The van der Waals surface area contributed by atoms with Crippen molar-refractivity contribution >= 4 is 29.0 Å². The largest absolute Gasteiger partial charge is 0.490 e. The monoisotopic (exact) mass is 403 g/mol. The molecule has 146 valence electrons. The lowest BCUT2D eigenvalue weighted by Crippen LogP contribution is -2.41. The van der Waals surface area contributed by atoms with Gasteiger partial charge < -0.3 is 14.2 Å². The molecule has 1 unspecified atom stereocenters. The number of Topliss-reactive ketones (excluding diaryl/α,β-unsaturated/α-hetero) is 1. The summed E-state index contributed by atoms with van der Waals surface area (Å²) in [5, 5.41) is 0.400. The Morgan fingerprint density at radius 2 is 1.88 bits per heavy atom. The van der Waals surface area contributed by atoms with E-state index in [0.717, 1.165) is 6.54 Å². The summed E-state index contributed by atoms with van der Waals surface area (Å²) in [6.45, 7) is 7.83. The predicted molar refractivity (Wildman–Crippen MR) is 106 cm³/mol. The van der Waals surface area contributed by atoms with Crippen LogP contribution in [0.4, 0.5) is 0 Å². The lowest BCUT2D eigenvalue weighted by molar-refractivity contribution is 0.0579. The highest BCUT2D eigenvalue weighted by Gasteiger charge is 2.20. The summed E-state index contributed by atoms with van der Waals surface area (Å²) in [5.74, 6) is 0.221. The molecule has 0 amide bonds. The minimum Gasteiger partial charge on any atom is -0.490 e. The third kappa shape index (κ3) is 6.25. The summed E-state index contributed by atoms with van der Waals surface area (Å²) in [7, 11) is 5.27. The molecule has 0 aliphatic carbocycles. The summed E-state index contributed by atoms with van der Waals surface area (Å²) >= 11 is 12.6. The van der Waals surface area contributed by atoms with Crippen molar-refractivity contribution in [3.63, 3.8) is 0 Å². The van der Waals surface area contributed by atoms with E-state index in [0.29, 0.717) is 43.1 Å². The molecule has 0 aromatic heterocycles. The normalized spacial score (nSPS) is 12.3. The number of hydrogen-bond acceptors (Lipinski definition) is 5. The van der Waals surface area contributed by atoms with Crippen molar-refractivity contribution in [3.8, 4) is 5.75 Å². The van der Waals surface area contributed by atoms with Crippen LogP contribution in [-0.4, -0.2) is 64.4 Å². The Kier molecular flexibility index (Phi) is 10.2. The van der Waals surface area contributed by atoms with E-state index in [2.05, 4.69) is 11.5 Å². The molecule has 0 fully saturated rings. The van der Waals surface area contributed by atoms with E-state index >= 15 is 0 Å². The number of nitrogens with zero attached hydrogens (tertiary/aromatic N) is 1. The molecular formula is C19H27Cl2NO4. The molecular weight excluding hydrogens is 377 g/mol. The van der Waals surface area contributed by atoms with Gasteiger partial charge in [0.2, 0.25) is 0 Å². The fourth-order valence-corrected chi connectivity index (χ4v) is 2.73. The lowest BCUT2D eigenvalue weighted by atomic mass is 10.0. The zero-order chi connectivity index (χ0) is 19.7. The number of hydrogen-bond donors (Lipinski definition) is 0. The maximum absolute atomic E-state index is 12.3. The first-order chi connectivity index (χ1) is 12.4. The Hall–Kier alpha value is -1.11.